The minimum Gasteiger partial charge on any atom is -0.497 e. The summed E-state index contributed by atoms with van der Waals surface area (Å²) in [6.07, 6.45) is 0. The van der Waals surface area contributed by atoms with Gasteiger partial charge in [-0.1, -0.05) is 13.0 Å². The van der Waals surface area contributed by atoms with E-state index in [9.17, 15) is 9.59 Å². The second-order valence-electron chi connectivity index (χ2n) is 6.32. The number of pyridine rings is 1. The van der Waals surface area contributed by atoms with Crippen molar-refractivity contribution in [1.82, 2.24) is 14.8 Å². The first-order valence-corrected chi connectivity index (χ1v) is 9.05. The molecule has 0 unspecified atom stereocenters. The number of carbonyl (C=O) groups is 2. The van der Waals surface area contributed by atoms with Gasteiger partial charge in [-0.05, 0) is 42.9 Å². The normalized spacial score (nSPS) is 14.7. The molecule has 0 aliphatic carbocycles. The summed E-state index contributed by atoms with van der Waals surface area (Å²) in [5.41, 5.74) is 1.14. The molecular weight excluding hydrogens is 344 g/mol. The van der Waals surface area contributed by atoms with Gasteiger partial charge in [0.25, 0.3) is 11.8 Å². The first-order valence-electron chi connectivity index (χ1n) is 9.05. The van der Waals surface area contributed by atoms with Crippen molar-refractivity contribution in [3.63, 3.8) is 0 Å². The first kappa shape index (κ1) is 18.8. The van der Waals surface area contributed by atoms with Crippen LogP contribution in [0.3, 0.4) is 0 Å². The quantitative estimate of drug-likeness (QED) is 0.875. The van der Waals surface area contributed by atoms with E-state index < -0.39 is 0 Å². The van der Waals surface area contributed by atoms with E-state index in [-0.39, 0.29) is 17.5 Å². The molecule has 2 heterocycles. The van der Waals surface area contributed by atoms with Crippen molar-refractivity contribution in [2.75, 3.05) is 45.2 Å². The highest BCUT2D eigenvalue weighted by Crippen LogP contribution is 2.16. The van der Waals surface area contributed by atoms with E-state index in [1.54, 1.807) is 54.5 Å². The van der Waals surface area contributed by atoms with Crippen molar-refractivity contribution in [1.29, 1.82) is 0 Å². The molecule has 1 N–H and O–H groups in total. The van der Waals surface area contributed by atoms with Crippen LogP contribution < -0.4 is 10.1 Å². The number of amides is 2. The SMILES string of the molecule is CCN1CCN(C(=O)c2cccc(C(=O)Nc3ccc(OC)cc3)n2)CC1. The van der Waals surface area contributed by atoms with Gasteiger partial charge in [0.15, 0.2) is 0 Å². The number of piperazine rings is 1. The Hall–Kier alpha value is -2.93. The molecule has 2 amide bonds. The number of hydrogen-bond donors (Lipinski definition) is 1. The molecule has 1 aromatic carbocycles. The molecule has 0 atom stereocenters. The zero-order valence-electron chi connectivity index (χ0n) is 15.6. The lowest BCUT2D eigenvalue weighted by Crippen LogP contribution is -2.48. The van der Waals surface area contributed by atoms with Crippen LogP contribution in [-0.2, 0) is 0 Å². The number of likely N-dealkylation sites (N-methyl/N-ethyl adjacent to an activating group) is 1. The highest BCUT2D eigenvalue weighted by Gasteiger charge is 2.23. The fourth-order valence-electron chi connectivity index (χ4n) is 2.98. The van der Waals surface area contributed by atoms with Crippen LogP contribution in [0.25, 0.3) is 0 Å². The molecule has 0 spiro atoms. The molecule has 1 fully saturated rings. The van der Waals surface area contributed by atoms with Gasteiger partial charge in [0, 0.05) is 31.9 Å². The molecule has 0 radical (unpaired) electrons. The highest BCUT2D eigenvalue weighted by molar-refractivity contribution is 6.03. The molecule has 3 rings (SSSR count). The predicted molar refractivity (Wildman–Crippen MR) is 103 cm³/mol. The van der Waals surface area contributed by atoms with Crippen LogP contribution in [0.4, 0.5) is 5.69 Å². The Bertz CT molecular complexity index is 799. The Kier molecular flexibility index (Phi) is 6.03. The molecule has 142 valence electrons. The maximum Gasteiger partial charge on any atom is 0.274 e. The van der Waals surface area contributed by atoms with Crippen LogP contribution in [0.15, 0.2) is 42.5 Å². The van der Waals surface area contributed by atoms with Gasteiger partial charge in [0.05, 0.1) is 7.11 Å². The Morgan fingerprint density at radius 3 is 2.33 bits per heavy atom. The van der Waals surface area contributed by atoms with Crippen LogP contribution in [0.1, 0.15) is 27.9 Å². The molecule has 0 bridgehead atoms. The number of nitrogens with zero attached hydrogens (tertiary/aromatic N) is 3. The van der Waals surface area contributed by atoms with Gasteiger partial charge >= 0.3 is 0 Å². The molecular formula is C20H24N4O3. The molecule has 2 aromatic rings. The monoisotopic (exact) mass is 368 g/mol. The molecule has 7 heteroatoms. The standard InChI is InChI=1S/C20H24N4O3/c1-3-23-11-13-24(14-12-23)20(26)18-6-4-5-17(22-18)19(25)21-15-7-9-16(27-2)10-8-15/h4-10H,3,11-14H2,1-2H3,(H,21,25). The molecule has 1 aromatic heterocycles. The van der Waals surface area contributed by atoms with Crippen LogP contribution in [-0.4, -0.2) is 66.4 Å². The summed E-state index contributed by atoms with van der Waals surface area (Å²) in [6.45, 7) is 6.18. The van der Waals surface area contributed by atoms with Crippen molar-refractivity contribution >= 4 is 17.5 Å². The average Bonchev–Trinajstić information content (AvgIpc) is 2.74. The van der Waals surface area contributed by atoms with Crippen molar-refractivity contribution < 1.29 is 14.3 Å². The Balaban J connectivity index is 1.67. The minimum absolute atomic E-state index is 0.134. The Morgan fingerprint density at radius 2 is 1.70 bits per heavy atom. The smallest absolute Gasteiger partial charge is 0.274 e. The number of aromatic nitrogens is 1. The van der Waals surface area contributed by atoms with Gasteiger partial charge in [-0.25, -0.2) is 4.98 Å². The van der Waals surface area contributed by atoms with Gasteiger partial charge in [-0.15, -0.1) is 0 Å². The summed E-state index contributed by atoms with van der Waals surface area (Å²) in [4.78, 5) is 33.5. The predicted octanol–water partition coefficient (Wildman–Crippen LogP) is 2.12. The van der Waals surface area contributed by atoms with Gasteiger partial charge in [-0.3, -0.25) is 9.59 Å². The number of rotatable bonds is 5. The van der Waals surface area contributed by atoms with E-state index in [2.05, 4.69) is 22.1 Å². The van der Waals surface area contributed by atoms with Gasteiger partial charge in [-0.2, -0.15) is 0 Å². The maximum absolute atomic E-state index is 12.7. The van der Waals surface area contributed by atoms with Gasteiger partial charge in [0.2, 0.25) is 0 Å². The fourth-order valence-corrected chi connectivity index (χ4v) is 2.98. The third-order valence-corrected chi connectivity index (χ3v) is 4.66. The average molecular weight is 368 g/mol. The third-order valence-electron chi connectivity index (χ3n) is 4.66. The van der Waals surface area contributed by atoms with E-state index in [1.165, 1.54) is 0 Å². The van der Waals surface area contributed by atoms with E-state index in [4.69, 9.17) is 4.74 Å². The van der Waals surface area contributed by atoms with E-state index >= 15 is 0 Å². The van der Waals surface area contributed by atoms with Crippen LogP contribution in [0.2, 0.25) is 0 Å². The molecule has 0 saturated carbocycles. The zero-order valence-corrected chi connectivity index (χ0v) is 15.6. The Labute approximate surface area is 158 Å². The van der Waals surface area contributed by atoms with E-state index in [0.29, 0.717) is 30.2 Å². The van der Waals surface area contributed by atoms with Crippen LogP contribution >= 0.6 is 0 Å². The van der Waals surface area contributed by atoms with E-state index in [1.807, 2.05) is 0 Å². The summed E-state index contributed by atoms with van der Waals surface area (Å²) in [7, 11) is 1.59. The number of ether oxygens (including phenoxy) is 1. The van der Waals surface area contributed by atoms with Crippen LogP contribution in [0, 0.1) is 0 Å². The number of benzene rings is 1. The largest absolute Gasteiger partial charge is 0.497 e. The third kappa shape index (κ3) is 4.62. The van der Waals surface area contributed by atoms with Crippen molar-refractivity contribution in [2.45, 2.75) is 6.92 Å². The number of nitrogens with one attached hydrogen (secondary N) is 1. The second-order valence-corrected chi connectivity index (χ2v) is 6.32. The number of carbonyl (C=O) groups excluding carboxylic acids is 2. The zero-order chi connectivity index (χ0) is 19.2. The fraction of sp³-hybridized carbons (Fsp3) is 0.350. The Morgan fingerprint density at radius 1 is 1.04 bits per heavy atom. The highest BCUT2D eigenvalue weighted by atomic mass is 16.5. The summed E-state index contributed by atoms with van der Waals surface area (Å²) < 4.78 is 5.10. The summed E-state index contributed by atoms with van der Waals surface area (Å²) in [6, 6.07) is 12.0. The van der Waals surface area contributed by atoms with Gasteiger partial charge < -0.3 is 19.9 Å². The molecule has 27 heavy (non-hydrogen) atoms. The molecule has 1 saturated heterocycles. The van der Waals surface area contributed by atoms with Crippen molar-refractivity contribution in [2.24, 2.45) is 0 Å². The molecule has 7 nitrogen and oxygen atoms in total. The molecule has 1 aliphatic heterocycles. The summed E-state index contributed by atoms with van der Waals surface area (Å²) >= 11 is 0. The lowest BCUT2D eigenvalue weighted by Gasteiger charge is -2.33. The van der Waals surface area contributed by atoms with Crippen molar-refractivity contribution in [3.05, 3.63) is 53.9 Å². The summed E-state index contributed by atoms with van der Waals surface area (Å²) in [5.74, 6) is 0.220. The lowest BCUT2D eigenvalue weighted by atomic mass is 10.2. The second kappa shape index (κ2) is 8.64. The topological polar surface area (TPSA) is 74.8 Å². The minimum atomic E-state index is -0.356. The first-order chi connectivity index (χ1) is 13.1. The number of hydrogen-bond acceptors (Lipinski definition) is 5. The maximum atomic E-state index is 12.7. The summed E-state index contributed by atoms with van der Waals surface area (Å²) in [5, 5.41) is 2.78. The van der Waals surface area contributed by atoms with Gasteiger partial charge in [0.1, 0.15) is 17.1 Å². The lowest BCUT2D eigenvalue weighted by molar-refractivity contribution is 0.0637. The van der Waals surface area contributed by atoms with E-state index in [0.717, 1.165) is 19.6 Å². The number of anilines is 1. The van der Waals surface area contributed by atoms with Crippen LogP contribution in [0.5, 0.6) is 5.75 Å². The molecule has 1 aliphatic rings. The number of methoxy groups -OCH3 is 1. The van der Waals surface area contributed by atoms with Crippen molar-refractivity contribution in [3.8, 4) is 5.75 Å².